The summed E-state index contributed by atoms with van der Waals surface area (Å²) in [6.07, 6.45) is 6.09. The molecule has 0 atom stereocenters. The predicted molar refractivity (Wildman–Crippen MR) is 69.2 cm³/mol. The number of ether oxygens (including phenoxy) is 1. The summed E-state index contributed by atoms with van der Waals surface area (Å²) in [5, 5.41) is 11.7. The number of amidine groups is 1. The van der Waals surface area contributed by atoms with Gasteiger partial charge in [-0.25, -0.2) is 0 Å². The lowest BCUT2D eigenvalue weighted by atomic mass is 9.87. The molecule has 0 aromatic heterocycles. The van der Waals surface area contributed by atoms with Crippen molar-refractivity contribution in [1.29, 1.82) is 0 Å². The fraction of sp³-hybridized carbons (Fsp3) is 0.923. The van der Waals surface area contributed by atoms with Gasteiger partial charge in [0.15, 0.2) is 0 Å². The van der Waals surface area contributed by atoms with E-state index >= 15 is 0 Å². The molecule has 1 fully saturated rings. The molecule has 1 rings (SSSR count). The number of rotatable bonds is 5. The Bertz CT molecular complexity index is 256. The highest BCUT2D eigenvalue weighted by molar-refractivity contribution is 5.85. The third-order valence-corrected chi connectivity index (χ3v) is 3.84. The van der Waals surface area contributed by atoms with E-state index in [-0.39, 0.29) is 11.3 Å². The smallest absolute Gasteiger partial charge is 0.144 e. The molecule has 0 bridgehead atoms. The molecule has 4 nitrogen and oxygen atoms in total. The highest BCUT2D eigenvalue weighted by Crippen LogP contribution is 2.27. The maximum Gasteiger partial charge on any atom is 0.144 e. The van der Waals surface area contributed by atoms with E-state index in [0.717, 1.165) is 12.3 Å². The van der Waals surface area contributed by atoms with Crippen LogP contribution >= 0.6 is 0 Å². The summed E-state index contributed by atoms with van der Waals surface area (Å²) < 4.78 is 5.87. The topological polar surface area (TPSA) is 67.8 Å². The Morgan fingerprint density at radius 3 is 2.47 bits per heavy atom. The van der Waals surface area contributed by atoms with Crippen molar-refractivity contribution in [3.05, 3.63) is 0 Å². The third-order valence-electron chi connectivity index (χ3n) is 3.84. The molecule has 1 saturated carbocycles. The first-order valence-electron chi connectivity index (χ1n) is 6.55. The molecule has 0 aromatic rings. The molecule has 0 heterocycles. The van der Waals surface area contributed by atoms with E-state index in [1.807, 2.05) is 13.8 Å². The molecule has 0 aliphatic heterocycles. The van der Waals surface area contributed by atoms with Gasteiger partial charge in [-0.1, -0.05) is 25.9 Å². The van der Waals surface area contributed by atoms with Crippen LogP contribution in [0.25, 0.3) is 0 Å². The van der Waals surface area contributed by atoms with Gasteiger partial charge < -0.3 is 15.7 Å². The van der Waals surface area contributed by atoms with Crippen molar-refractivity contribution >= 4 is 5.84 Å². The lowest BCUT2D eigenvalue weighted by Crippen LogP contribution is -2.33. The van der Waals surface area contributed by atoms with Crippen LogP contribution in [0.15, 0.2) is 5.16 Å². The van der Waals surface area contributed by atoms with E-state index < -0.39 is 0 Å². The highest BCUT2D eigenvalue weighted by Gasteiger charge is 2.24. The molecule has 0 aromatic carbocycles. The minimum Gasteiger partial charge on any atom is -0.409 e. The molecule has 17 heavy (non-hydrogen) atoms. The number of oxime groups is 1. The fourth-order valence-corrected chi connectivity index (χ4v) is 2.14. The summed E-state index contributed by atoms with van der Waals surface area (Å²) in [4.78, 5) is 0. The second-order valence-corrected chi connectivity index (χ2v) is 5.87. The molecule has 0 saturated heterocycles. The molecule has 1 aliphatic carbocycles. The van der Waals surface area contributed by atoms with Crippen LogP contribution < -0.4 is 5.73 Å². The second kappa shape index (κ2) is 6.24. The van der Waals surface area contributed by atoms with Crippen molar-refractivity contribution < 1.29 is 9.94 Å². The van der Waals surface area contributed by atoms with Crippen LogP contribution in [0.4, 0.5) is 0 Å². The summed E-state index contributed by atoms with van der Waals surface area (Å²) >= 11 is 0. The molecule has 0 unspecified atom stereocenters. The van der Waals surface area contributed by atoms with Crippen LogP contribution in [0.3, 0.4) is 0 Å². The van der Waals surface area contributed by atoms with Crippen LogP contribution in [-0.2, 0) is 4.74 Å². The van der Waals surface area contributed by atoms with Crippen molar-refractivity contribution in [3.63, 3.8) is 0 Å². The average Bonchev–Trinajstić information content (AvgIpc) is 2.30. The molecule has 0 spiro atoms. The van der Waals surface area contributed by atoms with Gasteiger partial charge >= 0.3 is 0 Å². The quantitative estimate of drug-likeness (QED) is 0.337. The van der Waals surface area contributed by atoms with Gasteiger partial charge in [-0.15, -0.1) is 0 Å². The van der Waals surface area contributed by atoms with Crippen molar-refractivity contribution in [3.8, 4) is 0 Å². The number of nitrogens with zero attached hydrogens (tertiary/aromatic N) is 1. The van der Waals surface area contributed by atoms with Crippen molar-refractivity contribution in [2.75, 3.05) is 6.61 Å². The Balaban J connectivity index is 2.24. The van der Waals surface area contributed by atoms with Crippen LogP contribution in [0.1, 0.15) is 52.9 Å². The van der Waals surface area contributed by atoms with Gasteiger partial charge in [0.05, 0.1) is 6.10 Å². The zero-order valence-corrected chi connectivity index (χ0v) is 11.3. The van der Waals surface area contributed by atoms with Gasteiger partial charge in [-0.3, -0.25) is 0 Å². The van der Waals surface area contributed by atoms with Crippen LogP contribution in [0.5, 0.6) is 0 Å². The maximum atomic E-state index is 8.67. The van der Waals surface area contributed by atoms with E-state index in [2.05, 4.69) is 12.1 Å². The summed E-state index contributed by atoms with van der Waals surface area (Å²) in [6.45, 7) is 6.92. The van der Waals surface area contributed by atoms with E-state index in [1.54, 1.807) is 0 Å². The molecule has 0 radical (unpaired) electrons. The normalized spacial score (nSPS) is 27.1. The second-order valence-electron chi connectivity index (χ2n) is 5.87. The Labute approximate surface area is 104 Å². The minimum atomic E-state index is -0.295. The highest BCUT2D eigenvalue weighted by atomic mass is 16.5. The van der Waals surface area contributed by atoms with E-state index in [9.17, 15) is 0 Å². The minimum absolute atomic E-state index is 0.276. The molecule has 1 aliphatic rings. The van der Waals surface area contributed by atoms with Gasteiger partial charge in [-0.2, -0.15) is 0 Å². The summed E-state index contributed by atoms with van der Waals surface area (Å²) in [5.74, 6) is 1.13. The zero-order chi connectivity index (χ0) is 12.9. The van der Waals surface area contributed by atoms with Gasteiger partial charge in [0.2, 0.25) is 0 Å². The zero-order valence-electron chi connectivity index (χ0n) is 11.3. The van der Waals surface area contributed by atoms with Crippen LogP contribution in [0.2, 0.25) is 0 Å². The van der Waals surface area contributed by atoms with Gasteiger partial charge in [0.25, 0.3) is 0 Å². The van der Waals surface area contributed by atoms with Gasteiger partial charge in [0, 0.05) is 12.0 Å². The van der Waals surface area contributed by atoms with Gasteiger partial charge in [0.1, 0.15) is 5.84 Å². The van der Waals surface area contributed by atoms with E-state index in [1.165, 1.54) is 25.7 Å². The third kappa shape index (κ3) is 4.54. The Morgan fingerprint density at radius 2 is 1.94 bits per heavy atom. The van der Waals surface area contributed by atoms with Gasteiger partial charge in [-0.05, 0) is 38.0 Å². The van der Waals surface area contributed by atoms with Crippen molar-refractivity contribution in [1.82, 2.24) is 0 Å². The Kier molecular flexibility index (Phi) is 5.25. The van der Waals surface area contributed by atoms with Crippen LogP contribution in [-0.4, -0.2) is 23.8 Å². The molecular weight excluding hydrogens is 216 g/mol. The monoisotopic (exact) mass is 242 g/mol. The molecule has 3 N–H and O–H groups in total. The SMILES string of the molecule is CC1CCC(OCCC(C)(C)C(N)=NO)CC1. The summed E-state index contributed by atoms with van der Waals surface area (Å²) in [5.41, 5.74) is 5.34. The largest absolute Gasteiger partial charge is 0.409 e. The molecule has 100 valence electrons. The maximum absolute atomic E-state index is 8.67. The lowest BCUT2D eigenvalue weighted by molar-refractivity contribution is 0.0115. The first-order chi connectivity index (χ1) is 7.95. The first kappa shape index (κ1) is 14.3. The lowest BCUT2D eigenvalue weighted by Gasteiger charge is -2.28. The Morgan fingerprint density at radius 1 is 1.35 bits per heavy atom. The van der Waals surface area contributed by atoms with Crippen LogP contribution in [0, 0.1) is 11.3 Å². The Hall–Kier alpha value is -0.770. The molecule has 4 heteroatoms. The van der Waals surface area contributed by atoms with Crippen molar-refractivity contribution in [2.45, 2.75) is 59.0 Å². The molecule has 0 amide bonds. The van der Waals surface area contributed by atoms with Crippen molar-refractivity contribution in [2.24, 2.45) is 22.2 Å². The fourth-order valence-electron chi connectivity index (χ4n) is 2.14. The number of hydrogen-bond donors (Lipinski definition) is 2. The first-order valence-corrected chi connectivity index (χ1v) is 6.55. The van der Waals surface area contributed by atoms with E-state index in [4.69, 9.17) is 15.7 Å². The standard InChI is InChI=1S/C13H26N2O2/c1-10-4-6-11(7-5-10)17-9-8-13(2,3)12(14)15-16/h10-11,16H,4-9H2,1-3H3,(H2,14,15). The van der Waals surface area contributed by atoms with E-state index in [0.29, 0.717) is 12.7 Å². The molecular formula is C13H26N2O2. The number of nitrogens with two attached hydrogens (primary N) is 1. The predicted octanol–water partition coefficient (Wildman–Crippen LogP) is 2.74. The summed E-state index contributed by atoms with van der Waals surface area (Å²) in [6, 6.07) is 0. The average molecular weight is 242 g/mol. The summed E-state index contributed by atoms with van der Waals surface area (Å²) in [7, 11) is 0. The number of hydrogen-bond acceptors (Lipinski definition) is 3.